The maximum Gasteiger partial charge on any atom is 0.286 e. The first-order valence-electron chi connectivity index (χ1n) is 7.71. The van der Waals surface area contributed by atoms with Gasteiger partial charge in [0.1, 0.15) is 5.82 Å². The molecule has 1 fully saturated rings. The van der Waals surface area contributed by atoms with Crippen molar-refractivity contribution in [2.45, 2.75) is 0 Å². The number of hydrogen-bond donors (Lipinski definition) is 1. The van der Waals surface area contributed by atoms with Crippen LogP contribution in [0.25, 0.3) is 17.0 Å². The second-order valence-corrected chi connectivity index (χ2v) is 6.62. The van der Waals surface area contributed by atoms with Crippen LogP contribution >= 0.6 is 11.8 Å². The molecular weight excluding hydrogens is 324 g/mol. The van der Waals surface area contributed by atoms with Crippen LogP contribution in [0, 0.1) is 0 Å². The number of morpholine rings is 1. The van der Waals surface area contributed by atoms with Gasteiger partial charge in [0.25, 0.3) is 5.91 Å². The number of aromatic nitrogens is 1. The summed E-state index contributed by atoms with van der Waals surface area (Å²) >= 11 is 1.20. The van der Waals surface area contributed by atoms with Gasteiger partial charge in [0.2, 0.25) is 0 Å². The summed E-state index contributed by atoms with van der Waals surface area (Å²) in [5.74, 6) is 0.571. The van der Waals surface area contributed by atoms with E-state index in [1.54, 1.807) is 0 Å². The minimum absolute atomic E-state index is 0.285. The number of nitrogens with zero attached hydrogens (tertiary/aromatic N) is 3. The highest BCUT2D eigenvalue weighted by atomic mass is 32.2. The second-order valence-electron chi connectivity index (χ2n) is 5.56. The lowest BCUT2D eigenvalue weighted by Gasteiger charge is -2.29. The monoisotopic (exact) mass is 340 g/mol. The van der Waals surface area contributed by atoms with Crippen LogP contribution in [-0.2, 0) is 9.53 Å². The van der Waals surface area contributed by atoms with E-state index < -0.39 is 0 Å². The number of ether oxygens (including phenoxy) is 1. The molecule has 4 rings (SSSR count). The number of carbonyl (C=O) groups excluding carboxylic acids is 1. The number of amidine groups is 1. The summed E-state index contributed by atoms with van der Waals surface area (Å²) < 4.78 is 5.44. The molecule has 3 heterocycles. The number of benzene rings is 1. The number of aliphatic imine (C=N–C) groups is 1. The van der Waals surface area contributed by atoms with Gasteiger partial charge in [-0.15, -0.1) is 0 Å². The Hall–Kier alpha value is -2.38. The number of rotatable bonds is 2. The van der Waals surface area contributed by atoms with Gasteiger partial charge < -0.3 is 15.4 Å². The predicted molar refractivity (Wildman–Crippen MR) is 97.0 cm³/mol. The number of anilines is 1. The van der Waals surface area contributed by atoms with Crippen molar-refractivity contribution in [3.63, 3.8) is 0 Å². The van der Waals surface area contributed by atoms with Crippen molar-refractivity contribution in [1.82, 2.24) is 4.98 Å². The summed E-state index contributed by atoms with van der Waals surface area (Å²) in [6.07, 6.45) is 1.83. The molecule has 6 nitrogen and oxygen atoms in total. The third kappa shape index (κ3) is 2.88. The quantitative estimate of drug-likeness (QED) is 0.842. The number of thioether (sulfide) groups is 1. The van der Waals surface area contributed by atoms with E-state index in [9.17, 15) is 4.79 Å². The minimum atomic E-state index is -0.293. The standard InChI is InChI=1S/C17H16N4O2S/c18-17-20-16(22)14(24-17)10-12-9-11-3-1-2-4-13(11)19-15(12)21-5-7-23-8-6-21/h1-4,9-10H,5-8H2,(H2,18,20,22)/b14-10+. The molecule has 0 atom stereocenters. The molecule has 0 spiro atoms. The molecule has 0 unspecified atom stereocenters. The van der Waals surface area contributed by atoms with Crippen LogP contribution in [0.4, 0.5) is 5.82 Å². The lowest BCUT2D eigenvalue weighted by molar-refractivity contribution is -0.113. The van der Waals surface area contributed by atoms with Crippen LogP contribution in [0.5, 0.6) is 0 Å². The first kappa shape index (κ1) is 15.2. The van der Waals surface area contributed by atoms with Gasteiger partial charge >= 0.3 is 0 Å². The molecule has 24 heavy (non-hydrogen) atoms. The number of nitrogens with two attached hydrogens (primary N) is 1. The SMILES string of the molecule is NC1=NC(=O)/C(=C\c2cc3ccccc3nc2N2CCOCC2)S1. The van der Waals surface area contributed by atoms with Gasteiger partial charge in [0, 0.05) is 24.0 Å². The summed E-state index contributed by atoms with van der Waals surface area (Å²) in [5.41, 5.74) is 7.48. The van der Waals surface area contributed by atoms with E-state index in [4.69, 9.17) is 15.5 Å². The first-order chi connectivity index (χ1) is 11.7. The predicted octanol–water partition coefficient (Wildman–Crippen LogP) is 2.00. The van der Waals surface area contributed by atoms with Crippen molar-refractivity contribution in [3.8, 4) is 0 Å². The molecule has 2 aliphatic heterocycles. The fourth-order valence-electron chi connectivity index (χ4n) is 2.82. The lowest BCUT2D eigenvalue weighted by Crippen LogP contribution is -2.37. The molecule has 2 aliphatic rings. The van der Waals surface area contributed by atoms with Gasteiger partial charge in [-0.3, -0.25) is 4.79 Å². The molecule has 0 saturated carbocycles. The molecule has 1 amide bonds. The number of fused-ring (bicyclic) bond motifs is 1. The molecule has 1 aromatic heterocycles. The summed E-state index contributed by atoms with van der Waals surface area (Å²) in [7, 11) is 0. The van der Waals surface area contributed by atoms with E-state index in [-0.39, 0.29) is 11.1 Å². The van der Waals surface area contributed by atoms with Crippen LogP contribution in [0.3, 0.4) is 0 Å². The molecule has 0 aliphatic carbocycles. The Morgan fingerprint density at radius 3 is 2.79 bits per heavy atom. The van der Waals surface area contributed by atoms with Gasteiger partial charge in [-0.1, -0.05) is 18.2 Å². The van der Waals surface area contributed by atoms with Crippen LogP contribution in [-0.4, -0.2) is 42.4 Å². The van der Waals surface area contributed by atoms with Crippen molar-refractivity contribution in [1.29, 1.82) is 0 Å². The molecule has 0 bridgehead atoms. The molecule has 7 heteroatoms. The molecular formula is C17H16N4O2S. The Labute approximate surface area is 143 Å². The Balaban J connectivity index is 1.82. The minimum Gasteiger partial charge on any atom is -0.378 e. The van der Waals surface area contributed by atoms with Crippen molar-refractivity contribution in [2.75, 3.05) is 31.2 Å². The zero-order valence-corrected chi connectivity index (χ0v) is 13.8. The van der Waals surface area contributed by atoms with E-state index in [0.717, 1.165) is 35.4 Å². The van der Waals surface area contributed by atoms with E-state index in [1.165, 1.54) is 11.8 Å². The van der Waals surface area contributed by atoms with Gasteiger partial charge in [-0.25, -0.2) is 4.98 Å². The fourth-order valence-corrected chi connectivity index (χ4v) is 3.50. The summed E-state index contributed by atoms with van der Waals surface area (Å²) in [6, 6.07) is 10.0. The molecule has 2 aromatic rings. The van der Waals surface area contributed by atoms with E-state index in [0.29, 0.717) is 18.1 Å². The maximum atomic E-state index is 11.9. The molecule has 0 radical (unpaired) electrons. The maximum absolute atomic E-state index is 11.9. The fraction of sp³-hybridized carbons (Fsp3) is 0.235. The topological polar surface area (TPSA) is 80.8 Å². The van der Waals surface area contributed by atoms with E-state index in [2.05, 4.69) is 16.0 Å². The number of hydrogen-bond acceptors (Lipinski definition) is 6. The van der Waals surface area contributed by atoms with Crippen molar-refractivity contribution in [2.24, 2.45) is 10.7 Å². The number of pyridine rings is 1. The van der Waals surface area contributed by atoms with Gasteiger partial charge in [-0.2, -0.15) is 4.99 Å². The Kier molecular flexibility index (Phi) is 3.95. The summed E-state index contributed by atoms with van der Waals surface area (Å²) in [4.78, 5) is 23.2. The molecule has 122 valence electrons. The zero-order valence-electron chi connectivity index (χ0n) is 12.9. The Morgan fingerprint density at radius 1 is 1.25 bits per heavy atom. The van der Waals surface area contributed by atoms with Crippen LogP contribution in [0.2, 0.25) is 0 Å². The highest BCUT2D eigenvalue weighted by Gasteiger charge is 2.22. The van der Waals surface area contributed by atoms with Crippen LogP contribution < -0.4 is 10.6 Å². The van der Waals surface area contributed by atoms with Gasteiger partial charge in [0.15, 0.2) is 5.17 Å². The van der Waals surface area contributed by atoms with Crippen LogP contribution in [0.1, 0.15) is 5.56 Å². The van der Waals surface area contributed by atoms with E-state index >= 15 is 0 Å². The average Bonchev–Trinajstić information content (AvgIpc) is 2.92. The van der Waals surface area contributed by atoms with Gasteiger partial charge in [0.05, 0.1) is 23.6 Å². The normalized spacial score (nSPS) is 20.0. The highest BCUT2D eigenvalue weighted by molar-refractivity contribution is 8.18. The lowest BCUT2D eigenvalue weighted by atomic mass is 10.1. The zero-order chi connectivity index (χ0) is 16.5. The molecule has 1 aromatic carbocycles. The highest BCUT2D eigenvalue weighted by Crippen LogP contribution is 2.31. The molecule has 2 N–H and O–H groups in total. The van der Waals surface area contributed by atoms with Crippen LogP contribution in [0.15, 0.2) is 40.2 Å². The van der Waals surface area contributed by atoms with Crippen molar-refractivity contribution < 1.29 is 9.53 Å². The van der Waals surface area contributed by atoms with Crippen molar-refractivity contribution >= 4 is 45.6 Å². The second kappa shape index (κ2) is 6.26. The van der Waals surface area contributed by atoms with Gasteiger partial charge in [-0.05, 0) is 30.0 Å². The Morgan fingerprint density at radius 2 is 2.04 bits per heavy atom. The summed E-state index contributed by atoms with van der Waals surface area (Å²) in [5, 5.41) is 1.32. The largest absolute Gasteiger partial charge is 0.378 e. The number of amides is 1. The van der Waals surface area contributed by atoms with E-state index in [1.807, 2.05) is 30.3 Å². The number of para-hydroxylation sites is 1. The summed E-state index contributed by atoms with van der Waals surface area (Å²) in [6.45, 7) is 2.91. The first-order valence-corrected chi connectivity index (χ1v) is 8.53. The third-order valence-electron chi connectivity index (χ3n) is 3.97. The third-order valence-corrected chi connectivity index (χ3v) is 4.78. The number of carbonyl (C=O) groups is 1. The molecule has 1 saturated heterocycles. The average molecular weight is 340 g/mol. The van der Waals surface area contributed by atoms with Crippen molar-refractivity contribution in [3.05, 3.63) is 40.8 Å². The Bertz CT molecular complexity index is 872. The smallest absolute Gasteiger partial charge is 0.286 e.